The summed E-state index contributed by atoms with van der Waals surface area (Å²) in [6, 6.07) is 10.0. The summed E-state index contributed by atoms with van der Waals surface area (Å²) < 4.78 is 5.62. The van der Waals surface area contributed by atoms with Crippen molar-refractivity contribution in [3.63, 3.8) is 0 Å². The first kappa shape index (κ1) is 14.3. The fraction of sp³-hybridized carbons (Fsp3) is 0.556. The van der Waals surface area contributed by atoms with Gasteiger partial charge in [-0.25, -0.2) is 0 Å². The molecule has 3 heteroatoms. The van der Waals surface area contributed by atoms with Gasteiger partial charge in [0.05, 0.1) is 5.92 Å². The molecule has 1 saturated carbocycles. The highest BCUT2D eigenvalue weighted by molar-refractivity contribution is 5.99. The van der Waals surface area contributed by atoms with Crippen LogP contribution in [0.4, 0.5) is 0 Å². The molecule has 0 spiro atoms. The Labute approximate surface area is 125 Å². The number of ketones is 1. The zero-order valence-electron chi connectivity index (χ0n) is 12.3. The molecule has 112 valence electrons. The second-order valence-electron chi connectivity index (χ2n) is 6.29. The molecule has 1 saturated heterocycles. The Morgan fingerprint density at radius 1 is 1.00 bits per heavy atom. The fourth-order valence-electron chi connectivity index (χ4n) is 3.72. The number of esters is 1. The highest BCUT2D eigenvalue weighted by Crippen LogP contribution is 2.35. The molecule has 1 aliphatic heterocycles. The number of carbonyl (C=O) groups excluding carboxylic acids is 2. The maximum absolute atomic E-state index is 12.4. The molecule has 0 N–H and O–H groups in total. The molecule has 3 rings (SSSR count). The van der Waals surface area contributed by atoms with Crippen molar-refractivity contribution in [3.05, 3.63) is 35.9 Å². The van der Waals surface area contributed by atoms with E-state index in [9.17, 15) is 9.59 Å². The number of cyclic esters (lactones) is 1. The van der Waals surface area contributed by atoms with Crippen molar-refractivity contribution in [2.75, 3.05) is 0 Å². The van der Waals surface area contributed by atoms with Gasteiger partial charge in [-0.15, -0.1) is 0 Å². The Hall–Kier alpha value is -1.64. The van der Waals surface area contributed by atoms with Crippen LogP contribution in [0.5, 0.6) is 0 Å². The van der Waals surface area contributed by atoms with E-state index in [1.54, 1.807) is 0 Å². The first-order valence-corrected chi connectivity index (χ1v) is 8.00. The van der Waals surface area contributed by atoms with Gasteiger partial charge in [0, 0.05) is 0 Å². The molecule has 0 bridgehead atoms. The van der Waals surface area contributed by atoms with Gasteiger partial charge in [0.2, 0.25) is 0 Å². The summed E-state index contributed by atoms with van der Waals surface area (Å²) in [6.45, 7) is 0. The van der Waals surface area contributed by atoms with Crippen LogP contribution < -0.4 is 0 Å². The van der Waals surface area contributed by atoms with Crippen LogP contribution in [0.15, 0.2) is 30.3 Å². The topological polar surface area (TPSA) is 43.4 Å². The molecule has 2 fully saturated rings. The SMILES string of the molecule is O=C1CC(=O)[C@@H](Cc2ccccc2)[C@H](C2CCCCC2)O1. The van der Waals surface area contributed by atoms with E-state index in [4.69, 9.17) is 4.74 Å². The number of rotatable bonds is 3. The highest BCUT2D eigenvalue weighted by atomic mass is 16.5. The maximum Gasteiger partial charge on any atom is 0.313 e. The van der Waals surface area contributed by atoms with E-state index in [-0.39, 0.29) is 30.2 Å². The Kier molecular flexibility index (Phi) is 4.37. The molecule has 2 atom stereocenters. The molecule has 2 aliphatic rings. The quantitative estimate of drug-likeness (QED) is 0.632. The molecular formula is C18H22O3. The minimum atomic E-state index is -0.333. The maximum atomic E-state index is 12.4. The third-order valence-corrected chi connectivity index (χ3v) is 4.81. The van der Waals surface area contributed by atoms with Gasteiger partial charge in [-0.3, -0.25) is 9.59 Å². The van der Waals surface area contributed by atoms with Gasteiger partial charge in [0.15, 0.2) is 5.78 Å². The van der Waals surface area contributed by atoms with Crippen LogP contribution in [0.1, 0.15) is 44.1 Å². The summed E-state index contributed by atoms with van der Waals surface area (Å²) in [6.07, 6.45) is 6.21. The fourth-order valence-corrected chi connectivity index (χ4v) is 3.72. The lowest BCUT2D eigenvalue weighted by Crippen LogP contribution is -2.45. The van der Waals surface area contributed by atoms with Gasteiger partial charge in [-0.05, 0) is 30.7 Å². The molecule has 3 nitrogen and oxygen atoms in total. The first-order valence-electron chi connectivity index (χ1n) is 8.00. The molecule has 21 heavy (non-hydrogen) atoms. The monoisotopic (exact) mass is 286 g/mol. The Bertz CT molecular complexity index is 502. The van der Waals surface area contributed by atoms with Crippen LogP contribution in [0.3, 0.4) is 0 Å². The summed E-state index contributed by atoms with van der Waals surface area (Å²) in [5.74, 6) is -0.0700. The molecule has 0 aromatic heterocycles. The number of benzene rings is 1. The Balaban J connectivity index is 1.78. The van der Waals surface area contributed by atoms with E-state index in [2.05, 4.69) is 0 Å². The summed E-state index contributed by atoms with van der Waals surface area (Å²) >= 11 is 0. The molecule has 1 aliphatic carbocycles. The molecule has 0 amide bonds. The third-order valence-electron chi connectivity index (χ3n) is 4.81. The van der Waals surface area contributed by atoms with E-state index >= 15 is 0 Å². The van der Waals surface area contributed by atoms with Crippen molar-refractivity contribution < 1.29 is 14.3 Å². The van der Waals surface area contributed by atoms with Crippen LogP contribution in [-0.2, 0) is 20.7 Å². The van der Waals surface area contributed by atoms with Gasteiger partial charge in [-0.2, -0.15) is 0 Å². The van der Waals surface area contributed by atoms with E-state index < -0.39 is 0 Å². The highest BCUT2D eigenvalue weighted by Gasteiger charge is 2.41. The van der Waals surface area contributed by atoms with Crippen molar-refractivity contribution in [1.29, 1.82) is 0 Å². The van der Waals surface area contributed by atoms with Gasteiger partial charge in [-0.1, -0.05) is 49.6 Å². The van der Waals surface area contributed by atoms with Crippen molar-refractivity contribution in [2.24, 2.45) is 11.8 Å². The molecule has 1 aromatic carbocycles. The Morgan fingerprint density at radius 2 is 1.71 bits per heavy atom. The smallest absolute Gasteiger partial charge is 0.313 e. The average Bonchev–Trinajstić information content (AvgIpc) is 2.51. The van der Waals surface area contributed by atoms with Crippen molar-refractivity contribution in [1.82, 2.24) is 0 Å². The number of hydrogen-bond donors (Lipinski definition) is 0. The summed E-state index contributed by atoms with van der Waals surface area (Å²) in [7, 11) is 0. The molecule has 0 unspecified atom stereocenters. The summed E-state index contributed by atoms with van der Waals surface area (Å²) in [5, 5.41) is 0. The zero-order valence-corrected chi connectivity index (χ0v) is 12.3. The van der Waals surface area contributed by atoms with Gasteiger partial charge >= 0.3 is 5.97 Å². The van der Waals surface area contributed by atoms with Crippen LogP contribution in [0.25, 0.3) is 0 Å². The predicted molar refractivity (Wildman–Crippen MR) is 79.7 cm³/mol. The minimum absolute atomic E-state index is 0.0548. The zero-order chi connectivity index (χ0) is 14.7. The van der Waals surface area contributed by atoms with Crippen LogP contribution in [0.2, 0.25) is 0 Å². The van der Waals surface area contributed by atoms with Gasteiger partial charge in [0.25, 0.3) is 0 Å². The van der Waals surface area contributed by atoms with E-state index in [1.165, 1.54) is 19.3 Å². The number of Topliss-reactive ketones (excluding diaryl/α,β-unsaturated/α-hetero) is 1. The Morgan fingerprint density at radius 3 is 2.43 bits per heavy atom. The standard InChI is InChI=1S/C18H22O3/c19-16-12-17(20)21-18(14-9-5-2-6-10-14)15(16)11-13-7-3-1-4-8-13/h1,3-4,7-8,14-15,18H,2,5-6,9-12H2/t15-,18+/m1/s1. The molecule has 1 aromatic rings. The lowest BCUT2D eigenvalue weighted by atomic mass is 9.75. The summed E-state index contributed by atoms with van der Waals surface area (Å²) in [4.78, 5) is 24.0. The predicted octanol–water partition coefficient (Wildman–Crippen LogP) is 3.31. The van der Waals surface area contributed by atoms with Crippen LogP contribution >= 0.6 is 0 Å². The third kappa shape index (κ3) is 3.34. The lowest BCUT2D eigenvalue weighted by Gasteiger charge is -2.37. The lowest BCUT2D eigenvalue weighted by molar-refractivity contribution is -0.168. The van der Waals surface area contributed by atoms with Crippen molar-refractivity contribution >= 4 is 11.8 Å². The summed E-state index contributed by atoms with van der Waals surface area (Å²) in [5.41, 5.74) is 1.15. The molecule has 1 heterocycles. The largest absolute Gasteiger partial charge is 0.461 e. The van der Waals surface area contributed by atoms with Gasteiger partial charge in [0.1, 0.15) is 12.5 Å². The second-order valence-corrected chi connectivity index (χ2v) is 6.29. The van der Waals surface area contributed by atoms with Crippen LogP contribution in [0, 0.1) is 11.8 Å². The molecular weight excluding hydrogens is 264 g/mol. The van der Waals surface area contributed by atoms with E-state index in [0.29, 0.717) is 12.3 Å². The second kappa shape index (κ2) is 6.42. The van der Waals surface area contributed by atoms with Crippen LogP contribution in [-0.4, -0.2) is 17.9 Å². The van der Waals surface area contributed by atoms with E-state index in [1.807, 2.05) is 30.3 Å². The average molecular weight is 286 g/mol. The van der Waals surface area contributed by atoms with Gasteiger partial charge < -0.3 is 4.74 Å². The van der Waals surface area contributed by atoms with Crippen molar-refractivity contribution in [2.45, 2.75) is 51.0 Å². The first-order chi connectivity index (χ1) is 10.2. The number of ether oxygens (including phenoxy) is 1. The number of carbonyl (C=O) groups is 2. The van der Waals surface area contributed by atoms with E-state index in [0.717, 1.165) is 18.4 Å². The molecule has 0 radical (unpaired) electrons. The normalized spacial score (nSPS) is 27.4. The minimum Gasteiger partial charge on any atom is -0.461 e. The van der Waals surface area contributed by atoms with Crippen molar-refractivity contribution in [3.8, 4) is 0 Å². The number of hydrogen-bond acceptors (Lipinski definition) is 3.